The van der Waals surface area contributed by atoms with Gasteiger partial charge in [-0.3, -0.25) is 0 Å². The van der Waals surface area contributed by atoms with E-state index in [0.29, 0.717) is 6.42 Å². The van der Waals surface area contributed by atoms with E-state index in [4.69, 9.17) is 18.0 Å². The normalized spacial score (nSPS) is 13.3. The lowest BCUT2D eigenvalue weighted by Crippen LogP contribution is -2.55. The van der Waals surface area contributed by atoms with Crippen LogP contribution in [-0.2, 0) is 22.8 Å². The molecule has 0 radical (unpaired) electrons. The molecule has 0 unspecified atom stereocenters. The predicted octanol–water partition coefficient (Wildman–Crippen LogP) is 0.911. The molecule has 0 N–H and O–H groups in total. The van der Waals surface area contributed by atoms with Crippen LogP contribution in [0.25, 0.3) is 0 Å². The van der Waals surface area contributed by atoms with E-state index in [1.165, 1.54) is 21.3 Å². The molecule has 0 aromatic heterocycles. The van der Waals surface area contributed by atoms with Crippen LogP contribution in [0.5, 0.6) is 0 Å². The van der Waals surface area contributed by atoms with Crippen molar-refractivity contribution < 1.29 is 22.8 Å². The van der Waals surface area contributed by atoms with Crippen LogP contribution in [0.2, 0.25) is 0 Å². The number of esters is 1. The average molecular weight is 234 g/mol. The summed E-state index contributed by atoms with van der Waals surface area (Å²) in [6, 6.07) is 0. The fraction of sp³-hybridized carbons (Fsp3) is 0.667. The standard InChI is InChI=1S/C9H18O5Si/c1-6-8(10)14-9(7-2)15(11-3,12-4)13-5/h6,9H,1,7H2,2-5H3/t9-/m1/s1. The monoisotopic (exact) mass is 234 g/mol. The summed E-state index contributed by atoms with van der Waals surface area (Å²) in [6.07, 6.45) is 1.66. The molecule has 0 aromatic carbocycles. The zero-order chi connectivity index (χ0) is 11.9. The Morgan fingerprint density at radius 2 is 1.80 bits per heavy atom. The van der Waals surface area contributed by atoms with Crippen LogP contribution >= 0.6 is 0 Å². The van der Waals surface area contributed by atoms with Crippen LogP contribution in [0, 0.1) is 0 Å². The van der Waals surface area contributed by atoms with Crippen molar-refractivity contribution >= 4 is 14.8 Å². The van der Waals surface area contributed by atoms with Crippen LogP contribution in [0.15, 0.2) is 12.7 Å². The lowest BCUT2D eigenvalue weighted by atomic mass is 10.5. The van der Waals surface area contributed by atoms with Crippen LogP contribution in [0.1, 0.15) is 13.3 Å². The summed E-state index contributed by atoms with van der Waals surface area (Å²) in [5.41, 5.74) is -0.511. The largest absolute Gasteiger partial charge is 0.543 e. The first kappa shape index (κ1) is 14.3. The second-order valence-electron chi connectivity index (χ2n) is 2.75. The Bertz CT molecular complexity index is 206. The van der Waals surface area contributed by atoms with Crippen molar-refractivity contribution in [2.45, 2.75) is 19.1 Å². The topological polar surface area (TPSA) is 54.0 Å². The summed E-state index contributed by atoms with van der Waals surface area (Å²) in [5, 5.41) is 0. The molecule has 0 aliphatic heterocycles. The molecule has 0 saturated carbocycles. The molecule has 0 fully saturated rings. The van der Waals surface area contributed by atoms with Crippen molar-refractivity contribution in [3.05, 3.63) is 12.7 Å². The molecule has 88 valence electrons. The van der Waals surface area contributed by atoms with Crippen LogP contribution in [0.3, 0.4) is 0 Å². The van der Waals surface area contributed by atoms with Gasteiger partial charge < -0.3 is 18.0 Å². The molecule has 5 nitrogen and oxygen atoms in total. The Kier molecular flexibility index (Phi) is 6.42. The van der Waals surface area contributed by atoms with E-state index >= 15 is 0 Å². The second kappa shape index (κ2) is 6.73. The highest BCUT2D eigenvalue weighted by atomic mass is 28.4. The maximum atomic E-state index is 11.1. The third-order valence-corrected chi connectivity index (χ3v) is 5.07. The summed E-state index contributed by atoms with van der Waals surface area (Å²) in [6.45, 7) is 5.19. The van der Waals surface area contributed by atoms with Gasteiger partial charge in [0.1, 0.15) is 0 Å². The van der Waals surface area contributed by atoms with Crippen molar-refractivity contribution in [2.75, 3.05) is 21.3 Å². The molecule has 0 aliphatic carbocycles. The fourth-order valence-corrected chi connectivity index (χ4v) is 3.29. The van der Waals surface area contributed by atoms with Crippen LogP contribution in [0.4, 0.5) is 0 Å². The van der Waals surface area contributed by atoms with E-state index < -0.39 is 20.5 Å². The molecule has 1 atom stereocenters. The minimum atomic E-state index is -2.92. The van der Waals surface area contributed by atoms with Gasteiger partial charge in [0.05, 0.1) is 0 Å². The van der Waals surface area contributed by atoms with Gasteiger partial charge in [-0.1, -0.05) is 13.5 Å². The van der Waals surface area contributed by atoms with Gasteiger partial charge in [-0.25, -0.2) is 4.79 Å². The first-order valence-electron chi connectivity index (χ1n) is 4.58. The lowest BCUT2D eigenvalue weighted by molar-refractivity contribution is -0.142. The van der Waals surface area contributed by atoms with Gasteiger partial charge in [-0.05, 0) is 6.42 Å². The molecule has 0 rings (SSSR count). The van der Waals surface area contributed by atoms with Crippen LogP contribution < -0.4 is 0 Å². The predicted molar refractivity (Wildman–Crippen MR) is 57.1 cm³/mol. The maximum absolute atomic E-state index is 11.1. The van der Waals surface area contributed by atoms with E-state index in [2.05, 4.69) is 6.58 Å². The number of rotatable bonds is 7. The highest BCUT2D eigenvalue weighted by Gasteiger charge is 2.49. The minimum absolute atomic E-state index is 0.509. The molecular weight excluding hydrogens is 216 g/mol. The molecule has 0 heterocycles. The Hall–Kier alpha value is -0.693. The van der Waals surface area contributed by atoms with Crippen molar-refractivity contribution in [1.29, 1.82) is 0 Å². The third kappa shape index (κ3) is 3.42. The molecule has 15 heavy (non-hydrogen) atoms. The van der Waals surface area contributed by atoms with Gasteiger partial charge in [0.25, 0.3) is 0 Å². The Morgan fingerprint density at radius 3 is 2.07 bits per heavy atom. The fourth-order valence-electron chi connectivity index (χ4n) is 1.24. The summed E-state index contributed by atoms with van der Waals surface area (Å²) in [5.74, 6) is -0.509. The molecule has 0 spiro atoms. The summed E-state index contributed by atoms with van der Waals surface area (Å²) >= 11 is 0. The highest BCUT2D eigenvalue weighted by Crippen LogP contribution is 2.18. The molecule has 6 heteroatoms. The van der Waals surface area contributed by atoms with Gasteiger partial charge in [0, 0.05) is 27.4 Å². The zero-order valence-corrected chi connectivity index (χ0v) is 10.6. The SMILES string of the molecule is C=CC(=O)O[C@@H](CC)[Si](OC)(OC)OC. The summed E-state index contributed by atoms with van der Waals surface area (Å²) < 4.78 is 20.8. The van der Waals surface area contributed by atoms with Gasteiger partial charge >= 0.3 is 14.8 Å². The van der Waals surface area contributed by atoms with E-state index in [1.54, 1.807) is 0 Å². The first-order valence-corrected chi connectivity index (χ1v) is 6.38. The van der Waals surface area contributed by atoms with Gasteiger partial charge in [-0.15, -0.1) is 0 Å². The average Bonchev–Trinajstić information content (AvgIpc) is 2.29. The van der Waals surface area contributed by atoms with Crippen molar-refractivity contribution in [3.63, 3.8) is 0 Å². The molecule has 0 aliphatic rings. The number of hydrogen-bond acceptors (Lipinski definition) is 5. The molecular formula is C9H18O5Si. The van der Waals surface area contributed by atoms with E-state index in [-0.39, 0.29) is 0 Å². The van der Waals surface area contributed by atoms with Crippen LogP contribution in [-0.4, -0.2) is 41.8 Å². The lowest BCUT2D eigenvalue weighted by Gasteiger charge is -2.30. The number of carbonyl (C=O) groups is 1. The van der Waals surface area contributed by atoms with Crippen molar-refractivity contribution in [2.24, 2.45) is 0 Å². The summed E-state index contributed by atoms with van der Waals surface area (Å²) in [7, 11) is 1.51. The zero-order valence-electron chi connectivity index (χ0n) is 9.61. The van der Waals surface area contributed by atoms with Gasteiger partial charge in [0.15, 0.2) is 5.73 Å². The molecule has 0 saturated heterocycles. The molecule has 0 aromatic rings. The number of carbonyl (C=O) groups excluding carboxylic acids is 1. The Labute approximate surface area is 91.3 Å². The van der Waals surface area contributed by atoms with Crippen molar-refractivity contribution in [3.8, 4) is 0 Å². The second-order valence-corrected chi connectivity index (χ2v) is 5.83. The van der Waals surface area contributed by atoms with E-state index in [9.17, 15) is 4.79 Å². The number of ether oxygens (including phenoxy) is 1. The van der Waals surface area contributed by atoms with Gasteiger partial charge in [-0.2, -0.15) is 0 Å². The third-order valence-electron chi connectivity index (χ3n) is 2.04. The quantitative estimate of drug-likeness (QED) is 0.372. The number of hydrogen-bond donors (Lipinski definition) is 0. The van der Waals surface area contributed by atoms with E-state index in [1.807, 2.05) is 6.92 Å². The first-order chi connectivity index (χ1) is 7.10. The highest BCUT2D eigenvalue weighted by molar-refractivity contribution is 6.62. The van der Waals surface area contributed by atoms with E-state index in [0.717, 1.165) is 6.08 Å². The smallest absolute Gasteiger partial charge is 0.455 e. The molecule has 0 bridgehead atoms. The minimum Gasteiger partial charge on any atom is -0.455 e. The van der Waals surface area contributed by atoms with Gasteiger partial charge in [0.2, 0.25) is 0 Å². The molecule has 0 amide bonds. The Balaban J connectivity index is 4.73. The Morgan fingerprint density at radius 1 is 1.33 bits per heavy atom. The van der Waals surface area contributed by atoms with Crippen molar-refractivity contribution in [1.82, 2.24) is 0 Å². The maximum Gasteiger partial charge on any atom is 0.543 e. The summed E-state index contributed by atoms with van der Waals surface area (Å²) in [4.78, 5) is 11.1.